The standard InChI is InChI=1S/C10H11BrN2O3S/c11-6-5-17-12-8(6)9(14)13-4-2-1-3-7(13)10(15)16/h5,7H,1-4H2,(H,15,16)/t7-/m1/s1. The Balaban J connectivity index is 2.23. The number of halogens is 1. The lowest BCUT2D eigenvalue weighted by Crippen LogP contribution is -2.48. The van der Waals surface area contributed by atoms with Crippen LogP contribution in [0.3, 0.4) is 0 Å². The van der Waals surface area contributed by atoms with Crippen molar-refractivity contribution in [2.75, 3.05) is 6.54 Å². The van der Waals surface area contributed by atoms with Crippen LogP contribution in [-0.4, -0.2) is 38.8 Å². The molecule has 1 aromatic rings. The lowest BCUT2D eigenvalue weighted by molar-refractivity contribution is -0.143. The average Bonchev–Trinajstić information content (AvgIpc) is 2.74. The highest BCUT2D eigenvalue weighted by Crippen LogP contribution is 2.24. The SMILES string of the molecule is O=C(O)[C@H]1CCCCN1C(=O)c1nscc1Br. The molecule has 5 nitrogen and oxygen atoms in total. The van der Waals surface area contributed by atoms with Gasteiger partial charge in [-0.3, -0.25) is 4.79 Å². The lowest BCUT2D eigenvalue weighted by Gasteiger charge is -2.32. The second kappa shape index (κ2) is 5.14. The highest BCUT2D eigenvalue weighted by molar-refractivity contribution is 9.10. The van der Waals surface area contributed by atoms with Crippen molar-refractivity contribution in [3.05, 3.63) is 15.5 Å². The van der Waals surface area contributed by atoms with Crippen LogP contribution in [-0.2, 0) is 4.79 Å². The van der Waals surface area contributed by atoms with Crippen LogP contribution in [0.25, 0.3) is 0 Å². The van der Waals surface area contributed by atoms with E-state index in [4.69, 9.17) is 5.11 Å². The molecule has 1 atom stereocenters. The third kappa shape index (κ3) is 2.50. The molecule has 1 aliphatic heterocycles. The zero-order valence-corrected chi connectivity index (χ0v) is 11.3. The highest BCUT2D eigenvalue weighted by atomic mass is 79.9. The molecule has 0 saturated carbocycles. The van der Waals surface area contributed by atoms with Gasteiger partial charge in [0, 0.05) is 11.9 Å². The van der Waals surface area contributed by atoms with Gasteiger partial charge in [0.25, 0.3) is 5.91 Å². The zero-order valence-electron chi connectivity index (χ0n) is 8.93. The summed E-state index contributed by atoms with van der Waals surface area (Å²) in [6.07, 6.45) is 2.21. The summed E-state index contributed by atoms with van der Waals surface area (Å²) in [5.74, 6) is -1.24. The van der Waals surface area contributed by atoms with E-state index in [1.165, 1.54) is 16.4 Å². The summed E-state index contributed by atoms with van der Waals surface area (Å²) in [4.78, 5) is 24.7. The van der Waals surface area contributed by atoms with Gasteiger partial charge in [-0.05, 0) is 46.7 Å². The van der Waals surface area contributed by atoms with E-state index in [1.807, 2.05) is 0 Å². The summed E-state index contributed by atoms with van der Waals surface area (Å²) < 4.78 is 4.62. The van der Waals surface area contributed by atoms with Gasteiger partial charge in [0.1, 0.15) is 6.04 Å². The molecule has 0 aliphatic carbocycles. The molecular weight excluding hydrogens is 308 g/mol. The van der Waals surface area contributed by atoms with Crippen molar-refractivity contribution in [2.45, 2.75) is 25.3 Å². The van der Waals surface area contributed by atoms with Crippen LogP contribution in [0.5, 0.6) is 0 Å². The van der Waals surface area contributed by atoms with E-state index in [-0.39, 0.29) is 5.91 Å². The molecule has 1 amide bonds. The van der Waals surface area contributed by atoms with Gasteiger partial charge in [-0.15, -0.1) is 0 Å². The highest BCUT2D eigenvalue weighted by Gasteiger charge is 2.33. The van der Waals surface area contributed by atoms with E-state index in [9.17, 15) is 9.59 Å². The smallest absolute Gasteiger partial charge is 0.326 e. The summed E-state index contributed by atoms with van der Waals surface area (Å²) >= 11 is 4.42. The van der Waals surface area contributed by atoms with Crippen molar-refractivity contribution >= 4 is 39.3 Å². The first-order chi connectivity index (χ1) is 8.11. The fraction of sp³-hybridized carbons (Fsp3) is 0.500. The summed E-state index contributed by atoms with van der Waals surface area (Å²) in [6, 6.07) is -0.718. The van der Waals surface area contributed by atoms with Gasteiger partial charge in [0.15, 0.2) is 5.69 Å². The number of hydrogen-bond acceptors (Lipinski definition) is 4. The molecule has 1 aromatic heterocycles. The van der Waals surface area contributed by atoms with Crippen LogP contribution in [0.1, 0.15) is 29.8 Å². The number of carboxylic acid groups (broad SMARTS) is 1. The lowest BCUT2D eigenvalue weighted by atomic mass is 10.0. The molecule has 1 aliphatic rings. The predicted molar refractivity (Wildman–Crippen MR) is 66.1 cm³/mol. The van der Waals surface area contributed by atoms with Crippen LogP contribution < -0.4 is 0 Å². The Bertz CT molecular complexity index is 449. The minimum Gasteiger partial charge on any atom is -0.480 e. The number of likely N-dealkylation sites (tertiary alicyclic amines) is 1. The van der Waals surface area contributed by atoms with Gasteiger partial charge in [0.2, 0.25) is 0 Å². The molecule has 0 spiro atoms. The van der Waals surface area contributed by atoms with Crippen molar-refractivity contribution in [1.82, 2.24) is 9.27 Å². The number of piperidine rings is 1. The van der Waals surface area contributed by atoms with Crippen molar-refractivity contribution in [2.24, 2.45) is 0 Å². The predicted octanol–water partition coefficient (Wildman–Crippen LogP) is 1.98. The summed E-state index contributed by atoms with van der Waals surface area (Å²) in [5, 5.41) is 10.8. The number of amides is 1. The van der Waals surface area contributed by atoms with Crippen molar-refractivity contribution in [1.29, 1.82) is 0 Å². The molecule has 2 rings (SSSR count). The molecule has 92 valence electrons. The molecule has 0 radical (unpaired) electrons. The summed E-state index contributed by atoms with van der Waals surface area (Å²) in [5.41, 5.74) is 0.308. The first kappa shape index (κ1) is 12.5. The number of carbonyl (C=O) groups is 2. The third-order valence-corrected chi connectivity index (χ3v) is 4.31. The molecule has 1 saturated heterocycles. The minimum atomic E-state index is -0.940. The first-order valence-corrected chi connectivity index (χ1v) is 6.88. The molecule has 7 heteroatoms. The summed E-state index contributed by atoms with van der Waals surface area (Å²) in [7, 11) is 0. The fourth-order valence-electron chi connectivity index (χ4n) is 1.93. The largest absolute Gasteiger partial charge is 0.480 e. The number of nitrogens with zero attached hydrogens (tertiary/aromatic N) is 2. The van der Waals surface area contributed by atoms with Crippen LogP contribution >= 0.6 is 27.5 Å². The Labute approximate surface area is 111 Å². The van der Waals surface area contributed by atoms with Crippen LogP contribution in [0.4, 0.5) is 0 Å². The van der Waals surface area contributed by atoms with E-state index in [1.54, 1.807) is 5.38 Å². The molecule has 2 heterocycles. The molecule has 0 unspecified atom stereocenters. The molecule has 17 heavy (non-hydrogen) atoms. The number of carbonyl (C=O) groups excluding carboxylic acids is 1. The van der Waals surface area contributed by atoms with Crippen LogP contribution in [0, 0.1) is 0 Å². The number of carboxylic acids is 1. The maximum atomic E-state index is 12.2. The zero-order chi connectivity index (χ0) is 12.4. The number of aliphatic carboxylic acids is 1. The fourth-order valence-corrected chi connectivity index (χ4v) is 3.10. The number of hydrogen-bond donors (Lipinski definition) is 1. The minimum absolute atomic E-state index is 0.301. The van der Waals surface area contributed by atoms with E-state index in [0.717, 1.165) is 12.8 Å². The molecule has 0 aromatic carbocycles. The van der Waals surface area contributed by atoms with Gasteiger partial charge in [-0.1, -0.05) is 0 Å². The van der Waals surface area contributed by atoms with Crippen LogP contribution in [0.2, 0.25) is 0 Å². The van der Waals surface area contributed by atoms with Gasteiger partial charge >= 0.3 is 5.97 Å². The second-order valence-electron chi connectivity index (χ2n) is 3.86. The second-order valence-corrected chi connectivity index (χ2v) is 5.34. The van der Waals surface area contributed by atoms with Gasteiger partial charge in [0.05, 0.1) is 4.47 Å². The van der Waals surface area contributed by atoms with Crippen molar-refractivity contribution in [3.63, 3.8) is 0 Å². The van der Waals surface area contributed by atoms with Crippen LogP contribution in [0.15, 0.2) is 9.85 Å². The topological polar surface area (TPSA) is 70.5 Å². The van der Waals surface area contributed by atoms with E-state index >= 15 is 0 Å². The Morgan fingerprint density at radius 3 is 2.88 bits per heavy atom. The number of rotatable bonds is 2. The molecule has 1 N–H and O–H groups in total. The summed E-state index contributed by atoms with van der Waals surface area (Å²) in [6.45, 7) is 0.486. The van der Waals surface area contributed by atoms with E-state index in [0.29, 0.717) is 23.1 Å². The van der Waals surface area contributed by atoms with E-state index in [2.05, 4.69) is 20.3 Å². The van der Waals surface area contributed by atoms with Gasteiger partial charge in [-0.25, -0.2) is 4.79 Å². The Hall–Kier alpha value is -0.950. The Morgan fingerprint density at radius 2 is 2.29 bits per heavy atom. The quantitative estimate of drug-likeness (QED) is 0.905. The monoisotopic (exact) mass is 318 g/mol. The maximum Gasteiger partial charge on any atom is 0.326 e. The average molecular weight is 319 g/mol. The van der Waals surface area contributed by atoms with Crippen molar-refractivity contribution < 1.29 is 14.7 Å². The van der Waals surface area contributed by atoms with Gasteiger partial charge in [-0.2, -0.15) is 4.37 Å². The van der Waals surface area contributed by atoms with E-state index < -0.39 is 12.0 Å². The normalized spacial score (nSPS) is 20.3. The molecular formula is C10H11BrN2O3S. The Kier molecular flexibility index (Phi) is 3.78. The Morgan fingerprint density at radius 1 is 1.53 bits per heavy atom. The molecule has 1 fully saturated rings. The number of aromatic nitrogens is 1. The first-order valence-electron chi connectivity index (χ1n) is 5.25. The molecule has 0 bridgehead atoms. The maximum absolute atomic E-state index is 12.2. The van der Waals surface area contributed by atoms with Gasteiger partial charge < -0.3 is 10.0 Å². The third-order valence-electron chi connectivity index (χ3n) is 2.78. The van der Waals surface area contributed by atoms with Crippen molar-refractivity contribution in [3.8, 4) is 0 Å².